The normalized spacial score (nSPS) is 17.9. The highest BCUT2D eigenvalue weighted by Crippen LogP contribution is 2.19. The van der Waals surface area contributed by atoms with Crippen molar-refractivity contribution < 1.29 is 0 Å². The van der Waals surface area contributed by atoms with E-state index in [-0.39, 0.29) is 0 Å². The standard InChI is InChI=1S/C7H14.3C6H12.C6H10.C5H9N.3C5H10.C4H7N.10C2H6/c1-2-4-6-7-5-3-1;5*1-2-4-6-5-3-1;4*1-2-4-5-3-1;10*1-2/h1-7H2;3*1-6H2;1-2H,3-6H2;4H,1-3,5H2;3*1-5H2;3H,1-2,4H2;10*1-2H3. The van der Waals surface area contributed by atoms with Gasteiger partial charge in [-0.15, -0.1) is 0 Å². The molecule has 0 N–H and O–H groups in total. The molecule has 77 heavy (non-hydrogen) atoms. The van der Waals surface area contributed by atoms with E-state index in [1.807, 2.05) is 151 Å². The molecule has 0 aromatic rings. The topological polar surface area (TPSA) is 24.7 Å². The third-order valence-electron chi connectivity index (χ3n) is 12.9. The summed E-state index contributed by atoms with van der Waals surface area (Å²) in [5.74, 6) is 0. The molecule has 0 aromatic heterocycles. The molecule has 7 fully saturated rings. The summed E-state index contributed by atoms with van der Waals surface area (Å²) in [7, 11) is 0. The summed E-state index contributed by atoms with van der Waals surface area (Å²) in [6.45, 7) is 42.1. The van der Waals surface area contributed by atoms with Gasteiger partial charge in [-0.1, -0.05) is 407 Å². The van der Waals surface area contributed by atoms with Gasteiger partial charge in [0.1, 0.15) is 0 Å². The van der Waals surface area contributed by atoms with Gasteiger partial charge in [0, 0.05) is 13.1 Å². The molecular formula is C75H166N2. The first kappa shape index (κ1) is 98.2. The lowest BCUT2D eigenvalue weighted by atomic mass is 10.0. The zero-order valence-electron chi connectivity index (χ0n) is 59.3. The molecule has 2 nitrogen and oxygen atoms in total. The lowest BCUT2D eigenvalue weighted by molar-refractivity contribution is 0.504. The monoisotopic (exact) mass is 1100 g/mol. The highest BCUT2D eigenvalue weighted by Gasteiger charge is 1.99. The first-order valence-electron chi connectivity index (χ1n) is 37.1. The van der Waals surface area contributed by atoms with E-state index in [9.17, 15) is 0 Å². The number of hydrogen-bond acceptors (Lipinski definition) is 2. The maximum absolute atomic E-state index is 4.05. The molecule has 0 bridgehead atoms. The van der Waals surface area contributed by atoms with Crippen molar-refractivity contribution in [3.63, 3.8) is 0 Å². The van der Waals surface area contributed by atoms with Crippen LogP contribution < -0.4 is 0 Å². The smallest absolute Gasteiger partial charge is 0.0388 e. The van der Waals surface area contributed by atoms with Gasteiger partial charge >= 0.3 is 0 Å². The van der Waals surface area contributed by atoms with Gasteiger partial charge in [-0.3, -0.25) is 9.98 Å². The summed E-state index contributed by atoms with van der Waals surface area (Å²) in [6.07, 6.45) is 80.4. The SMILES string of the molecule is C1=CCCCC1.C1=NCCC1.C1=NCCCC1.C1CCCC1.C1CCCC1.C1CCCC1.C1CCCCC1.C1CCCCC1.C1CCCCC1.C1CCCCCC1.CC.CC.CC.CC.CC.CC.CC.CC.CC.CC. The average molecular weight is 1100 g/mol. The van der Waals surface area contributed by atoms with Crippen molar-refractivity contribution >= 4 is 12.4 Å². The fourth-order valence-electron chi connectivity index (χ4n) is 8.91. The van der Waals surface area contributed by atoms with Crippen molar-refractivity contribution in [1.82, 2.24) is 0 Å². The Bertz CT molecular complexity index is 606. The molecule has 0 saturated heterocycles. The predicted octanol–water partition coefficient (Wildman–Crippen LogP) is 30.1. The van der Waals surface area contributed by atoms with Crippen molar-refractivity contribution in [2.24, 2.45) is 9.98 Å². The summed E-state index contributed by atoms with van der Waals surface area (Å²) in [4.78, 5) is 8.01. The van der Waals surface area contributed by atoms with E-state index in [0.717, 1.165) is 13.1 Å². The second-order valence-electron chi connectivity index (χ2n) is 18.7. The number of hydrogen-bond donors (Lipinski definition) is 0. The van der Waals surface area contributed by atoms with Crippen molar-refractivity contribution in [2.45, 2.75) is 453 Å². The molecule has 0 radical (unpaired) electrons. The lowest BCUT2D eigenvalue weighted by Gasteiger charge is -2.05. The Hall–Kier alpha value is -0.920. The second kappa shape index (κ2) is 131. The van der Waals surface area contributed by atoms with Crippen LogP contribution in [0.5, 0.6) is 0 Å². The number of nitrogens with zero attached hydrogens (tertiary/aromatic N) is 2. The third kappa shape index (κ3) is 127. The number of allylic oxidation sites excluding steroid dienone is 2. The van der Waals surface area contributed by atoms with Crippen molar-refractivity contribution in [2.75, 3.05) is 13.1 Å². The van der Waals surface area contributed by atoms with Crippen LogP contribution in [0.15, 0.2) is 22.1 Å². The van der Waals surface area contributed by atoms with Crippen LogP contribution in [0.4, 0.5) is 0 Å². The quantitative estimate of drug-likeness (QED) is 0.171. The molecule has 0 amide bonds. The molecule has 0 spiro atoms. The molecular weight excluding hydrogens is 929 g/mol. The summed E-state index contributed by atoms with van der Waals surface area (Å²) < 4.78 is 0. The lowest BCUT2D eigenvalue weighted by Crippen LogP contribution is -1.89. The summed E-state index contributed by atoms with van der Waals surface area (Å²) in [6, 6.07) is 0. The van der Waals surface area contributed by atoms with Gasteiger partial charge in [0.25, 0.3) is 0 Å². The molecule has 10 aliphatic rings. The summed E-state index contributed by atoms with van der Waals surface area (Å²) >= 11 is 0. The largest absolute Gasteiger partial charge is 0.298 e. The minimum absolute atomic E-state index is 1.07. The highest BCUT2D eigenvalue weighted by molar-refractivity contribution is 5.58. The van der Waals surface area contributed by atoms with Gasteiger partial charge in [-0.2, -0.15) is 0 Å². The van der Waals surface area contributed by atoms with Crippen LogP contribution >= 0.6 is 0 Å². The van der Waals surface area contributed by atoms with E-state index in [0.29, 0.717) is 0 Å². The van der Waals surface area contributed by atoms with Crippen molar-refractivity contribution in [3.8, 4) is 0 Å². The third-order valence-corrected chi connectivity index (χ3v) is 12.9. The minimum Gasteiger partial charge on any atom is -0.298 e. The Morgan fingerprint density at radius 2 is 0.273 bits per heavy atom. The van der Waals surface area contributed by atoms with Gasteiger partial charge in [0.15, 0.2) is 0 Å². The average Bonchev–Trinajstić information content (AvgIpc) is 4.48. The molecule has 0 unspecified atom stereocenters. The maximum Gasteiger partial charge on any atom is 0.0388 e. The Kier molecular flexibility index (Phi) is 167. The van der Waals surface area contributed by atoms with Crippen molar-refractivity contribution in [3.05, 3.63) is 12.2 Å². The van der Waals surface area contributed by atoms with Gasteiger partial charge in [-0.05, 0) is 70.2 Å². The Labute approximate surface area is 498 Å². The van der Waals surface area contributed by atoms with Gasteiger partial charge in [0.05, 0.1) is 0 Å². The summed E-state index contributed by atoms with van der Waals surface area (Å²) in [5, 5.41) is 0. The molecule has 476 valence electrons. The van der Waals surface area contributed by atoms with Crippen LogP contribution in [-0.2, 0) is 0 Å². The molecule has 2 aliphatic heterocycles. The maximum atomic E-state index is 4.05. The van der Waals surface area contributed by atoms with Gasteiger partial charge < -0.3 is 0 Å². The van der Waals surface area contributed by atoms with E-state index in [1.165, 1.54) is 315 Å². The van der Waals surface area contributed by atoms with Gasteiger partial charge in [-0.25, -0.2) is 0 Å². The van der Waals surface area contributed by atoms with Crippen LogP contribution in [0.3, 0.4) is 0 Å². The zero-order valence-corrected chi connectivity index (χ0v) is 59.3. The zero-order chi connectivity index (χ0) is 60.3. The molecule has 0 atom stereocenters. The Balaban J connectivity index is -0.0000000782. The fraction of sp³-hybridized carbons (Fsp3) is 0.947. The van der Waals surface area contributed by atoms with Gasteiger partial charge in [0.2, 0.25) is 0 Å². The van der Waals surface area contributed by atoms with Crippen LogP contribution in [0.25, 0.3) is 0 Å². The number of rotatable bonds is 0. The molecule has 2 heterocycles. The van der Waals surface area contributed by atoms with E-state index in [4.69, 9.17) is 0 Å². The van der Waals surface area contributed by atoms with Crippen LogP contribution in [0.1, 0.15) is 453 Å². The van der Waals surface area contributed by atoms with E-state index < -0.39 is 0 Å². The van der Waals surface area contributed by atoms with Crippen LogP contribution in [0.2, 0.25) is 0 Å². The van der Waals surface area contributed by atoms with E-state index in [1.54, 1.807) is 0 Å². The predicted molar refractivity (Wildman–Crippen MR) is 376 cm³/mol. The highest BCUT2D eigenvalue weighted by atomic mass is 14.7. The summed E-state index contributed by atoms with van der Waals surface area (Å²) in [5.41, 5.74) is 0. The first-order valence-corrected chi connectivity index (χ1v) is 37.1. The van der Waals surface area contributed by atoms with E-state index >= 15 is 0 Å². The van der Waals surface area contributed by atoms with Crippen LogP contribution in [-0.4, -0.2) is 25.5 Å². The Morgan fingerprint density at radius 3 is 0.325 bits per heavy atom. The van der Waals surface area contributed by atoms with Crippen LogP contribution in [0, 0.1) is 0 Å². The Morgan fingerprint density at radius 1 is 0.143 bits per heavy atom. The first-order chi connectivity index (χ1) is 38.5. The van der Waals surface area contributed by atoms with E-state index in [2.05, 4.69) is 22.1 Å². The minimum atomic E-state index is 1.07. The molecule has 8 aliphatic carbocycles. The molecule has 10 rings (SSSR count). The molecule has 2 heteroatoms. The second-order valence-corrected chi connectivity index (χ2v) is 18.7. The molecule has 7 saturated carbocycles. The number of aliphatic imine (C=N–C) groups is 2. The fourth-order valence-corrected chi connectivity index (χ4v) is 8.91. The molecule has 0 aromatic carbocycles. The van der Waals surface area contributed by atoms with Crippen molar-refractivity contribution in [1.29, 1.82) is 0 Å².